The fraction of sp³-hybridized carbons (Fsp3) is 0.400. The number of likely N-dealkylation sites (tertiary alicyclic amines) is 1. The second-order valence-electron chi connectivity index (χ2n) is 6.42. The highest BCUT2D eigenvalue weighted by Crippen LogP contribution is 2.36. The summed E-state index contributed by atoms with van der Waals surface area (Å²) in [4.78, 5) is 18.1. The van der Waals surface area contributed by atoms with Crippen LogP contribution in [0.15, 0.2) is 42.6 Å². The summed E-state index contributed by atoms with van der Waals surface area (Å²) in [5.74, 6) is 0.387. The maximum atomic E-state index is 11.3. The van der Waals surface area contributed by atoms with Crippen molar-refractivity contribution in [3.05, 3.63) is 53.9 Å². The molecule has 1 unspecified atom stereocenters. The largest absolute Gasteiger partial charge is 0.493 e. The fourth-order valence-corrected chi connectivity index (χ4v) is 3.53. The van der Waals surface area contributed by atoms with Gasteiger partial charge in [0.2, 0.25) is 0 Å². The fourth-order valence-electron chi connectivity index (χ4n) is 3.53. The molecule has 138 valence electrons. The van der Waals surface area contributed by atoms with Crippen LogP contribution in [0.2, 0.25) is 0 Å². The first-order valence-corrected chi connectivity index (χ1v) is 8.73. The molecule has 0 amide bonds. The van der Waals surface area contributed by atoms with Crippen molar-refractivity contribution in [2.75, 3.05) is 27.3 Å². The van der Waals surface area contributed by atoms with Crippen LogP contribution in [0.3, 0.4) is 0 Å². The second-order valence-corrected chi connectivity index (χ2v) is 6.42. The van der Waals surface area contributed by atoms with Gasteiger partial charge in [0, 0.05) is 6.20 Å². The molecule has 2 aromatic rings. The third-order valence-corrected chi connectivity index (χ3v) is 4.94. The second kappa shape index (κ2) is 8.19. The number of carboxylic acids is 1. The van der Waals surface area contributed by atoms with Crippen molar-refractivity contribution in [1.29, 1.82) is 0 Å². The molecular formula is C20H24N2O4. The van der Waals surface area contributed by atoms with E-state index in [-0.39, 0.29) is 12.0 Å². The average molecular weight is 356 g/mol. The van der Waals surface area contributed by atoms with Crippen LogP contribution >= 0.6 is 0 Å². The maximum absolute atomic E-state index is 11.3. The standard InChI is InChI=1S/C20H24N2O4/c1-25-17-7-6-15(13-18(17)26-2)19(16-5-3-4-10-21-16)22-11-8-14(9-12-22)20(23)24/h3-7,10,13-14,19H,8-9,11-12H2,1-2H3,(H,23,24). The Kier molecular flexibility index (Phi) is 5.73. The number of piperidine rings is 1. The van der Waals surface area contributed by atoms with Crippen molar-refractivity contribution in [2.24, 2.45) is 5.92 Å². The first-order chi connectivity index (χ1) is 12.6. The summed E-state index contributed by atoms with van der Waals surface area (Å²) in [5.41, 5.74) is 1.99. The molecule has 1 aliphatic heterocycles. The lowest BCUT2D eigenvalue weighted by Gasteiger charge is -2.36. The van der Waals surface area contributed by atoms with Crippen molar-refractivity contribution < 1.29 is 19.4 Å². The molecule has 6 nitrogen and oxygen atoms in total. The van der Waals surface area contributed by atoms with Gasteiger partial charge in [-0.3, -0.25) is 14.7 Å². The van der Waals surface area contributed by atoms with Gasteiger partial charge in [0.15, 0.2) is 11.5 Å². The molecule has 0 saturated carbocycles. The Labute approximate surface area is 153 Å². The summed E-state index contributed by atoms with van der Waals surface area (Å²) in [7, 11) is 3.24. The summed E-state index contributed by atoms with van der Waals surface area (Å²) in [5, 5.41) is 9.26. The zero-order chi connectivity index (χ0) is 18.5. The highest BCUT2D eigenvalue weighted by Gasteiger charge is 2.31. The number of ether oxygens (including phenoxy) is 2. The molecular weight excluding hydrogens is 332 g/mol. The van der Waals surface area contributed by atoms with Crippen molar-refractivity contribution in [2.45, 2.75) is 18.9 Å². The molecule has 1 atom stereocenters. The molecule has 1 aromatic heterocycles. The summed E-state index contributed by atoms with van der Waals surface area (Å²) in [6.45, 7) is 1.43. The Morgan fingerprint density at radius 2 is 1.88 bits per heavy atom. The van der Waals surface area contributed by atoms with Gasteiger partial charge in [0.1, 0.15) is 0 Å². The third-order valence-electron chi connectivity index (χ3n) is 4.94. The number of hydrogen-bond acceptors (Lipinski definition) is 5. The summed E-state index contributed by atoms with van der Waals surface area (Å²) in [6.07, 6.45) is 3.07. The minimum Gasteiger partial charge on any atom is -0.493 e. The van der Waals surface area contributed by atoms with E-state index in [2.05, 4.69) is 9.88 Å². The number of carbonyl (C=O) groups is 1. The molecule has 1 aromatic carbocycles. The topological polar surface area (TPSA) is 71.9 Å². The van der Waals surface area contributed by atoms with Gasteiger partial charge in [0.05, 0.1) is 31.9 Å². The van der Waals surface area contributed by atoms with Crippen molar-refractivity contribution >= 4 is 5.97 Å². The van der Waals surface area contributed by atoms with E-state index in [4.69, 9.17) is 9.47 Å². The highest BCUT2D eigenvalue weighted by atomic mass is 16.5. The van der Waals surface area contributed by atoms with E-state index in [9.17, 15) is 9.90 Å². The zero-order valence-corrected chi connectivity index (χ0v) is 15.1. The molecule has 6 heteroatoms. The van der Waals surface area contributed by atoms with E-state index in [1.54, 1.807) is 20.4 Å². The number of aromatic nitrogens is 1. The molecule has 1 saturated heterocycles. The Morgan fingerprint density at radius 3 is 2.46 bits per heavy atom. The summed E-state index contributed by atoms with van der Waals surface area (Å²) in [6, 6.07) is 11.7. The normalized spacial score (nSPS) is 16.8. The lowest BCUT2D eigenvalue weighted by molar-refractivity contribution is -0.143. The monoisotopic (exact) mass is 356 g/mol. The molecule has 1 N–H and O–H groups in total. The highest BCUT2D eigenvalue weighted by molar-refractivity contribution is 5.70. The maximum Gasteiger partial charge on any atom is 0.306 e. The number of methoxy groups -OCH3 is 2. The number of hydrogen-bond donors (Lipinski definition) is 1. The predicted octanol–water partition coefficient (Wildman–Crippen LogP) is 2.98. The lowest BCUT2D eigenvalue weighted by Crippen LogP contribution is -2.39. The van der Waals surface area contributed by atoms with Crippen LogP contribution in [0.4, 0.5) is 0 Å². The van der Waals surface area contributed by atoms with Gasteiger partial charge in [0.25, 0.3) is 0 Å². The molecule has 3 rings (SSSR count). The van der Waals surface area contributed by atoms with Crippen LogP contribution in [0, 0.1) is 5.92 Å². The molecule has 1 fully saturated rings. The van der Waals surface area contributed by atoms with Crippen molar-refractivity contribution in [3.8, 4) is 11.5 Å². The van der Waals surface area contributed by atoms with Crippen LogP contribution in [-0.4, -0.2) is 48.3 Å². The first kappa shape index (κ1) is 18.2. The smallest absolute Gasteiger partial charge is 0.306 e. The van der Waals surface area contributed by atoms with Gasteiger partial charge in [-0.05, 0) is 55.8 Å². The van der Waals surface area contributed by atoms with Gasteiger partial charge in [-0.25, -0.2) is 0 Å². The number of carboxylic acid groups (broad SMARTS) is 1. The van der Waals surface area contributed by atoms with Gasteiger partial charge < -0.3 is 14.6 Å². The van der Waals surface area contributed by atoms with Crippen LogP contribution < -0.4 is 9.47 Å². The molecule has 1 aliphatic rings. The Balaban J connectivity index is 1.94. The number of nitrogens with zero attached hydrogens (tertiary/aromatic N) is 2. The van der Waals surface area contributed by atoms with E-state index in [0.717, 1.165) is 11.3 Å². The van der Waals surface area contributed by atoms with E-state index < -0.39 is 5.97 Å². The minimum atomic E-state index is -0.704. The SMILES string of the molecule is COc1ccc(C(c2ccccn2)N2CCC(C(=O)O)CC2)cc1OC. The average Bonchev–Trinajstić information content (AvgIpc) is 2.69. The van der Waals surface area contributed by atoms with E-state index in [0.29, 0.717) is 37.4 Å². The minimum absolute atomic E-state index is 0.0502. The molecule has 0 aliphatic carbocycles. The van der Waals surface area contributed by atoms with E-state index in [1.807, 2.05) is 36.4 Å². The van der Waals surface area contributed by atoms with Gasteiger partial charge in [-0.2, -0.15) is 0 Å². The lowest BCUT2D eigenvalue weighted by atomic mass is 9.93. The van der Waals surface area contributed by atoms with E-state index >= 15 is 0 Å². The molecule has 2 heterocycles. The third kappa shape index (κ3) is 3.80. The summed E-state index contributed by atoms with van der Waals surface area (Å²) >= 11 is 0. The van der Waals surface area contributed by atoms with Crippen LogP contribution in [-0.2, 0) is 4.79 Å². The molecule has 0 bridgehead atoms. The number of benzene rings is 1. The van der Waals surface area contributed by atoms with Crippen LogP contribution in [0.25, 0.3) is 0 Å². The molecule has 0 spiro atoms. The van der Waals surface area contributed by atoms with Gasteiger partial charge >= 0.3 is 5.97 Å². The number of aliphatic carboxylic acids is 1. The quantitative estimate of drug-likeness (QED) is 0.858. The summed E-state index contributed by atoms with van der Waals surface area (Å²) < 4.78 is 10.8. The van der Waals surface area contributed by atoms with E-state index in [1.165, 1.54) is 0 Å². The Bertz CT molecular complexity index is 743. The Morgan fingerprint density at radius 1 is 1.15 bits per heavy atom. The first-order valence-electron chi connectivity index (χ1n) is 8.73. The van der Waals surface area contributed by atoms with Gasteiger partial charge in [-0.15, -0.1) is 0 Å². The molecule has 26 heavy (non-hydrogen) atoms. The van der Waals surface area contributed by atoms with Crippen LogP contribution in [0.1, 0.15) is 30.1 Å². The van der Waals surface area contributed by atoms with Gasteiger partial charge in [-0.1, -0.05) is 12.1 Å². The predicted molar refractivity (Wildman–Crippen MR) is 97.6 cm³/mol. The number of rotatable bonds is 6. The van der Waals surface area contributed by atoms with Crippen molar-refractivity contribution in [1.82, 2.24) is 9.88 Å². The molecule has 0 radical (unpaired) electrons. The number of pyridine rings is 1. The van der Waals surface area contributed by atoms with Crippen LogP contribution in [0.5, 0.6) is 11.5 Å². The Hall–Kier alpha value is -2.60. The zero-order valence-electron chi connectivity index (χ0n) is 15.1. The van der Waals surface area contributed by atoms with Crippen molar-refractivity contribution in [3.63, 3.8) is 0 Å².